The van der Waals surface area contributed by atoms with Gasteiger partial charge in [0.05, 0.1) is 12.5 Å². The van der Waals surface area contributed by atoms with Gasteiger partial charge in [0.15, 0.2) is 0 Å². The van der Waals surface area contributed by atoms with E-state index in [4.69, 9.17) is 5.26 Å². The predicted octanol–water partition coefficient (Wildman–Crippen LogP) is 7.76. The van der Waals surface area contributed by atoms with Crippen LogP contribution in [0.15, 0.2) is 72.1 Å². The van der Waals surface area contributed by atoms with Crippen molar-refractivity contribution in [3.05, 3.63) is 88.8 Å². The Hall–Kier alpha value is -2.66. The standard InChI is InChI=1S/C16H23N.C12H15N/c1-14(2)6-4-7-15(3)8-5-9-16-10-12-17-13-11-16;1-12(2,3)11-6-4-10(5-7-11)8-9-13/h6,8,10-13H,4-5,7,9H2,1-3H3;4-7H,8H2,1-3H3/b15-8+;. The number of benzene rings is 1. The van der Waals surface area contributed by atoms with Crippen molar-refractivity contribution in [3.8, 4) is 6.07 Å². The van der Waals surface area contributed by atoms with Gasteiger partial charge >= 0.3 is 0 Å². The van der Waals surface area contributed by atoms with E-state index < -0.39 is 0 Å². The Morgan fingerprint density at radius 2 is 1.53 bits per heavy atom. The summed E-state index contributed by atoms with van der Waals surface area (Å²) >= 11 is 0. The molecule has 1 aromatic heterocycles. The second-order valence-corrected chi connectivity index (χ2v) is 9.05. The van der Waals surface area contributed by atoms with Gasteiger partial charge in [0, 0.05) is 12.4 Å². The molecule has 0 saturated carbocycles. The molecule has 0 radical (unpaired) electrons. The summed E-state index contributed by atoms with van der Waals surface area (Å²) in [7, 11) is 0. The van der Waals surface area contributed by atoms with Gasteiger partial charge in [0.2, 0.25) is 0 Å². The first kappa shape index (κ1) is 25.4. The topological polar surface area (TPSA) is 36.7 Å². The molecule has 160 valence electrons. The van der Waals surface area contributed by atoms with Crippen molar-refractivity contribution >= 4 is 0 Å². The Bertz CT molecular complexity index is 825. The molecule has 0 N–H and O–H groups in total. The van der Waals surface area contributed by atoms with Crippen molar-refractivity contribution < 1.29 is 0 Å². The summed E-state index contributed by atoms with van der Waals surface area (Å²) in [5, 5.41) is 8.50. The van der Waals surface area contributed by atoms with Crippen molar-refractivity contribution in [2.24, 2.45) is 0 Å². The molecular formula is C28H38N2. The molecule has 0 aliphatic heterocycles. The molecule has 0 fully saturated rings. The van der Waals surface area contributed by atoms with E-state index in [0.717, 1.165) is 18.4 Å². The molecular weight excluding hydrogens is 364 g/mol. The summed E-state index contributed by atoms with van der Waals surface area (Å²) in [5.41, 5.74) is 6.88. The molecule has 0 amide bonds. The fourth-order valence-electron chi connectivity index (χ4n) is 2.94. The van der Waals surface area contributed by atoms with Crippen molar-refractivity contribution in [2.75, 3.05) is 0 Å². The van der Waals surface area contributed by atoms with Gasteiger partial charge in [-0.25, -0.2) is 0 Å². The lowest BCUT2D eigenvalue weighted by Crippen LogP contribution is -2.10. The molecule has 30 heavy (non-hydrogen) atoms. The molecule has 2 rings (SSSR count). The number of rotatable bonds is 7. The van der Waals surface area contributed by atoms with Gasteiger partial charge in [-0.3, -0.25) is 4.98 Å². The third kappa shape index (κ3) is 11.4. The lowest BCUT2D eigenvalue weighted by molar-refractivity contribution is 0.590. The van der Waals surface area contributed by atoms with E-state index in [1.54, 1.807) is 0 Å². The van der Waals surface area contributed by atoms with Crippen LogP contribution in [0.2, 0.25) is 0 Å². The largest absolute Gasteiger partial charge is 0.265 e. The van der Waals surface area contributed by atoms with Gasteiger partial charge < -0.3 is 0 Å². The smallest absolute Gasteiger partial charge is 0.0669 e. The van der Waals surface area contributed by atoms with Gasteiger partial charge in [0.1, 0.15) is 0 Å². The number of nitriles is 1. The zero-order valence-corrected chi connectivity index (χ0v) is 19.7. The second kappa shape index (κ2) is 13.5. The van der Waals surface area contributed by atoms with E-state index in [1.165, 1.54) is 35.1 Å². The van der Waals surface area contributed by atoms with E-state index in [0.29, 0.717) is 6.42 Å². The number of aromatic nitrogens is 1. The maximum absolute atomic E-state index is 8.50. The molecule has 0 aliphatic carbocycles. The monoisotopic (exact) mass is 402 g/mol. The second-order valence-electron chi connectivity index (χ2n) is 9.05. The van der Waals surface area contributed by atoms with Crippen molar-refractivity contribution in [2.45, 2.75) is 79.1 Å². The summed E-state index contributed by atoms with van der Waals surface area (Å²) in [6.45, 7) is 13.1. The Kier molecular flexibility index (Phi) is 11.5. The Labute approximate surface area is 184 Å². The first-order chi connectivity index (χ1) is 14.2. The molecule has 0 aliphatic rings. The van der Waals surface area contributed by atoms with Crippen LogP contribution in [-0.2, 0) is 18.3 Å². The van der Waals surface area contributed by atoms with Crippen LogP contribution in [0, 0.1) is 11.3 Å². The van der Waals surface area contributed by atoms with E-state index in [9.17, 15) is 0 Å². The average molecular weight is 403 g/mol. The third-order valence-corrected chi connectivity index (χ3v) is 4.87. The zero-order valence-electron chi connectivity index (χ0n) is 19.7. The van der Waals surface area contributed by atoms with Crippen LogP contribution >= 0.6 is 0 Å². The highest BCUT2D eigenvalue weighted by Gasteiger charge is 2.12. The van der Waals surface area contributed by atoms with Crippen LogP contribution < -0.4 is 0 Å². The molecule has 2 aromatic rings. The van der Waals surface area contributed by atoms with Crippen molar-refractivity contribution in [1.29, 1.82) is 5.26 Å². The fourth-order valence-corrected chi connectivity index (χ4v) is 2.94. The normalized spacial score (nSPS) is 11.2. The fraction of sp³-hybridized carbons (Fsp3) is 0.429. The summed E-state index contributed by atoms with van der Waals surface area (Å²) in [4.78, 5) is 4.02. The van der Waals surface area contributed by atoms with Crippen LogP contribution in [0.4, 0.5) is 0 Å². The van der Waals surface area contributed by atoms with Gasteiger partial charge in [-0.15, -0.1) is 0 Å². The lowest BCUT2D eigenvalue weighted by Gasteiger charge is -2.18. The van der Waals surface area contributed by atoms with Gasteiger partial charge in [-0.1, -0.05) is 68.3 Å². The molecule has 0 saturated heterocycles. The van der Waals surface area contributed by atoms with Crippen LogP contribution in [0.3, 0.4) is 0 Å². The number of nitrogens with zero attached hydrogens (tertiary/aromatic N) is 2. The molecule has 1 aromatic carbocycles. The molecule has 0 unspecified atom stereocenters. The lowest BCUT2D eigenvalue weighted by atomic mass is 9.86. The van der Waals surface area contributed by atoms with Crippen molar-refractivity contribution in [3.63, 3.8) is 0 Å². The minimum Gasteiger partial charge on any atom is -0.265 e. The van der Waals surface area contributed by atoms with Crippen LogP contribution in [0.25, 0.3) is 0 Å². The Balaban J connectivity index is 0.000000311. The van der Waals surface area contributed by atoms with E-state index in [-0.39, 0.29) is 5.41 Å². The quantitative estimate of drug-likeness (QED) is 0.444. The van der Waals surface area contributed by atoms with E-state index in [1.807, 2.05) is 24.5 Å². The summed E-state index contributed by atoms with van der Waals surface area (Å²) in [6.07, 6.45) is 13.5. The zero-order chi connectivity index (χ0) is 22.4. The number of hydrogen-bond acceptors (Lipinski definition) is 2. The Morgan fingerprint density at radius 3 is 2.07 bits per heavy atom. The number of aryl methyl sites for hydroxylation is 1. The van der Waals surface area contributed by atoms with Gasteiger partial charge in [0.25, 0.3) is 0 Å². The SMILES string of the molecule is CC(C)(C)c1ccc(CC#N)cc1.CC(C)=CCC/C(C)=C/CCc1ccncc1. The highest BCUT2D eigenvalue weighted by Crippen LogP contribution is 2.22. The summed E-state index contributed by atoms with van der Waals surface area (Å²) in [5.74, 6) is 0. The van der Waals surface area contributed by atoms with Gasteiger partial charge in [-0.2, -0.15) is 5.26 Å². The molecule has 0 bridgehead atoms. The molecule has 2 heteroatoms. The third-order valence-electron chi connectivity index (χ3n) is 4.87. The van der Waals surface area contributed by atoms with Crippen molar-refractivity contribution in [1.82, 2.24) is 4.98 Å². The minimum absolute atomic E-state index is 0.200. The van der Waals surface area contributed by atoms with Crippen LogP contribution in [-0.4, -0.2) is 4.98 Å². The van der Waals surface area contributed by atoms with Crippen LogP contribution in [0.1, 0.15) is 77.5 Å². The number of hydrogen-bond donors (Lipinski definition) is 0. The maximum atomic E-state index is 8.50. The highest BCUT2D eigenvalue weighted by atomic mass is 14.6. The summed E-state index contributed by atoms with van der Waals surface area (Å²) in [6, 6.07) is 14.6. The molecule has 0 atom stereocenters. The first-order valence-electron chi connectivity index (χ1n) is 10.9. The Morgan fingerprint density at radius 1 is 0.900 bits per heavy atom. The first-order valence-corrected chi connectivity index (χ1v) is 10.9. The predicted molar refractivity (Wildman–Crippen MR) is 129 cm³/mol. The molecule has 2 nitrogen and oxygen atoms in total. The average Bonchev–Trinajstić information content (AvgIpc) is 2.69. The summed E-state index contributed by atoms with van der Waals surface area (Å²) < 4.78 is 0. The highest BCUT2D eigenvalue weighted by molar-refractivity contribution is 5.28. The number of pyridine rings is 1. The van der Waals surface area contributed by atoms with E-state index >= 15 is 0 Å². The van der Waals surface area contributed by atoms with E-state index in [2.05, 4.69) is 89.0 Å². The van der Waals surface area contributed by atoms with Crippen LogP contribution in [0.5, 0.6) is 0 Å². The molecule has 1 heterocycles. The minimum atomic E-state index is 0.200. The maximum Gasteiger partial charge on any atom is 0.0669 e. The van der Waals surface area contributed by atoms with Gasteiger partial charge in [-0.05, 0) is 80.7 Å². The number of allylic oxidation sites excluding steroid dienone is 4. The molecule has 0 spiro atoms.